The summed E-state index contributed by atoms with van der Waals surface area (Å²) >= 11 is 0. The number of benzene rings is 1. The van der Waals surface area contributed by atoms with E-state index in [4.69, 9.17) is 9.47 Å². The predicted molar refractivity (Wildman–Crippen MR) is 80.1 cm³/mol. The number of hydrogen-bond acceptors (Lipinski definition) is 5. The number of aromatic hydroxyl groups is 1. The summed E-state index contributed by atoms with van der Waals surface area (Å²) in [6.45, 7) is 2.51. The smallest absolute Gasteiger partial charge is 0.328 e. The molecular formula is C16H21NO5. The summed E-state index contributed by atoms with van der Waals surface area (Å²) in [4.78, 5) is 25.7. The Morgan fingerprint density at radius 1 is 1.36 bits per heavy atom. The quantitative estimate of drug-likeness (QED) is 0.839. The van der Waals surface area contributed by atoms with Crippen molar-refractivity contribution in [3.63, 3.8) is 0 Å². The van der Waals surface area contributed by atoms with Gasteiger partial charge in [-0.2, -0.15) is 0 Å². The van der Waals surface area contributed by atoms with Gasteiger partial charge in [-0.25, -0.2) is 4.79 Å². The number of phenolic OH excluding ortho intramolecular Hbond substituents is 1. The van der Waals surface area contributed by atoms with E-state index in [-0.39, 0.29) is 17.4 Å². The summed E-state index contributed by atoms with van der Waals surface area (Å²) in [5.74, 6) is -0.324. The highest BCUT2D eigenvalue weighted by atomic mass is 16.5. The van der Waals surface area contributed by atoms with E-state index in [0.29, 0.717) is 30.5 Å². The molecule has 0 saturated carbocycles. The Morgan fingerprint density at radius 3 is 2.59 bits per heavy atom. The second-order valence-corrected chi connectivity index (χ2v) is 5.26. The van der Waals surface area contributed by atoms with Gasteiger partial charge in [0.25, 0.3) is 5.91 Å². The minimum Gasteiger partial charge on any atom is -0.504 e. The first kappa shape index (κ1) is 16.1. The summed E-state index contributed by atoms with van der Waals surface area (Å²) in [7, 11) is 2.76. The molecule has 120 valence electrons. The van der Waals surface area contributed by atoms with Crippen LogP contribution in [0, 0.1) is 0 Å². The van der Waals surface area contributed by atoms with Gasteiger partial charge in [0.1, 0.15) is 6.04 Å². The third-order valence-electron chi connectivity index (χ3n) is 3.89. The summed E-state index contributed by atoms with van der Waals surface area (Å²) < 4.78 is 9.84. The molecular weight excluding hydrogens is 286 g/mol. The Balaban J connectivity index is 2.30. The average Bonchev–Trinajstić information content (AvgIpc) is 2.48. The highest BCUT2D eigenvalue weighted by Crippen LogP contribution is 2.33. The number of likely N-dealkylation sites (tertiary alicyclic amines) is 1. The van der Waals surface area contributed by atoms with Crippen molar-refractivity contribution in [2.75, 3.05) is 20.8 Å². The first-order chi connectivity index (χ1) is 10.5. The minimum atomic E-state index is -0.521. The third kappa shape index (κ3) is 2.86. The van der Waals surface area contributed by atoms with Crippen molar-refractivity contribution in [3.05, 3.63) is 23.3 Å². The van der Waals surface area contributed by atoms with Crippen molar-refractivity contribution in [3.8, 4) is 11.5 Å². The lowest BCUT2D eigenvalue weighted by Crippen LogP contribution is -2.55. The molecule has 1 aliphatic heterocycles. The maximum Gasteiger partial charge on any atom is 0.328 e. The van der Waals surface area contributed by atoms with Crippen molar-refractivity contribution in [2.24, 2.45) is 0 Å². The monoisotopic (exact) mass is 307 g/mol. The van der Waals surface area contributed by atoms with E-state index in [1.165, 1.54) is 25.2 Å². The molecule has 1 saturated heterocycles. The molecule has 6 nitrogen and oxygen atoms in total. The van der Waals surface area contributed by atoms with E-state index in [0.717, 1.165) is 6.42 Å². The Labute approximate surface area is 129 Å². The maximum absolute atomic E-state index is 12.6. The second-order valence-electron chi connectivity index (χ2n) is 5.26. The zero-order chi connectivity index (χ0) is 16.3. The van der Waals surface area contributed by atoms with Crippen molar-refractivity contribution in [1.82, 2.24) is 4.90 Å². The molecule has 1 N–H and O–H groups in total. The third-order valence-corrected chi connectivity index (χ3v) is 3.89. The Morgan fingerprint density at radius 2 is 2.09 bits per heavy atom. The molecule has 0 radical (unpaired) electrons. The SMILES string of the molecule is CCCc1cc(C(=O)N2CC[C@@H]2C(=O)OC)cc(OC)c1O. The molecule has 1 fully saturated rings. The van der Waals surface area contributed by atoms with E-state index >= 15 is 0 Å². The topological polar surface area (TPSA) is 76.1 Å². The maximum atomic E-state index is 12.6. The zero-order valence-electron chi connectivity index (χ0n) is 13.1. The van der Waals surface area contributed by atoms with E-state index in [2.05, 4.69) is 0 Å². The van der Waals surface area contributed by atoms with Crippen LogP contribution in [0.5, 0.6) is 11.5 Å². The van der Waals surface area contributed by atoms with Crippen LogP contribution in [0.4, 0.5) is 0 Å². The molecule has 1 aromatic rings. The second kappa shape index (κ2) is 6.68. The van der Waals surface area contributed by atoms with Crippen LogP contribution in [0.1, 0.15) is 35.7 Å². The number of carbonyl (C=O) groups excluding carboxylic acids is 2. The first-order valence-corrected chi connectivity index (χ1v) is 7.32. The van der Waals surface area contributed by atoms with E-state index < -0.39 is 12.0 Å². The lowest BCUT2D eigenvalue weighted by Gasteiger charge is -2.38. The molecule has 6 heteroatoms. The zero-order valence-corrected chi connectivity index (χ0v) is 13.1. The Bertz CT molecular complexity index is 584. The minimum absolute atomic E-state index is 0.0639. The van der Waals surface area contributed by atoms with Crippen molar-refractivity contribution in [2.45, 2.75) is 32.2 Å². The predicted octanol–water partition coefficient (Wildman–Crippen LogP) is 1.74. The standard InChI is InChI=1S/C16H21NO5/c1-4-5-10-8-11(9-13(21-2)14(10)18)15(19)17-7-6-12(17)16(20)22-3/h8-9,12,18H,4-7H2,1-3H3/t12-/m1/s1. The number of rotatable bonds is 5. The number of ether oxygens (including phenoxy) is 2. The number of phenols is 1. The Hall–Kier alpha value is -2.24. The molecule has 0 unspecified atom stereocenters. The summed E-state index contributed by atoms with van der Waals surface area (Å²) in [6, 6.07) is 2.65. The van der Waals surface area contributed by atoms with Crippen LogP contribution in [0.15, 0.2) is 12.1 Å². The summed E-state index contributed by atoms with van der Waals surface area (Å²) in [5, 5.41) is 10.1. The van der Waals surface area contributed by atoms with Gasteiger partial charge in [-0.05, 0) is 30.5 Å². The molecule has 1 atom stereocenters. The van der Waals surface area contributed by atoms with Gasteiger partial charge >= 0.3 is 5.97 Å². The largest absolute Gasteiger partial charge is 0.504 e. The molecule has 1 heterocycles. The van der Waals surface area contributed by atoms with Gasteiger partial charge in [-0.15, -0.1) is 0 Å². The van der Waals surface area contributed by atoms with Gasteiger partial charge < -0.3 is 19.5 Å². The van der Waals surface area contributed by atoms with Crippen LogP contribution >= 0.6 is 0 Å². The van der Waals surface area contributed by atoms with Crippen LogP contribution in [0.25, 0.3) is 0 Å². The fraction of sp³-hybridized carbons (Fsp3) is 0.500. The van der Waals surface area contributed by atoms with Gasteiger partial charge in [-0.3, -0.25) is 4.79 Å². The summed E-state index contributed by atoms with van der Waals surface area (Å²) in [6.07, 6.45) is 2.09. The molecule has 0 aromatic heterocycles. The number of methoxy groups -OCH3 is 2. The fourth-order valence-corrected chi connectivity index (χ4v) is 2.58. The van der Waals surface area contributed by atoms with Gasteiger partial charge in [0.2, 0.25) is 0 Å². The normalized spacial score (nSPS) is 16.9. The number of aryl methyl sites for hydroxylation is 1. The average molecular weight is 307 g/mol. The van der Waals surface area contributed by atoms with Crippen LogP contribution in [0.3, 0.4) is 0 Å². The van der Waals surface area contributed by atoms with Gasteiger partial charge in [0.05, 0.1) is 14.2 Å². The summed E-state index contributed by atoms with van der Waals surface area (Å²) in [5.41, 5.74) is 1.08. The molecule has 22 heavy (non-hydrogen) atoms. The Kier molecular flexibility index (Phi) is 4.90. The highest BCUT2D eigenvalue weighted by molar-refractivity contribution is 5.98. The van der Waals surface area contributed by atoms with Crippen molar-refractivity contribution >= 4 is 11.9 Å². The van der Waals surface area contributed by atoms with E-state index in [1.54, 1.807) is 6.07 Å². The molecule has 1 amide bonds. The fourth-order valence-electron chi connectivity index (χ4n) is 2.58. The van der Waals surface area contributed by atoms with Crippen LogP contribution in [-0.4, -0.2) is 48.7 Å². The van der Waals surface area contributed by atoms with Crippen molar-refractivity contribution in [1.29, 1.82) is 0 Å². The number of amides is 1. The van der Waals surface area contributed by atoms with Crippen LogP contribution < -0.4 is 4.74 Å². The molecule has 0 aliphatic carbocycles. The van der Waals surface area contributed by atoms with Gasteiger partial charge in [0.15, 0.2) is 11.5 Å². The van der Waals surface area contributed by atoms with Crippen LogP contribution in [0.2, 0.25) is 0 Å². The molecule has 2 rings (SSSR count). The molecule has 1 aromatic carbocycles. The molecule has 0 spiro atoms. The molecule has 1 aliphatic rings. The highest BCUT2D eigenvalue weighted by Gasteiger charge is 2.39. The first-order valence-electron chi connectivity index (χ1n) is 7.32. The van der Waals surface area contributed by atoms with E-state index in [9.17, 15) is 14.7 Å². The number of hydrogen-bond donors (Lipinski definition) is 1. The number of nitrogens with zero attached hydrogens (tertiary/aromatic N) is 1. The molecule has 0 bridgehead atoms. The lowest BCUT2D eigenvalue weighted by molar-refractivity contribution is -0.149. The van der Waals surface area contributed by atoms with Crippen molar-refractivity contribution < 1.29 is 24.2 Å². The number of esters is 1. The van der Waals surface area contributed by atoms with E-state index in [1.807, 2.05) is 6.92 Å². The van der Waals surface area contributed by atoms with Crippen LogP contribution in [-0.2, 0) is 16.0 Å². The van der Waals surface area contributed by atoms with Gasteiger partial charge in [-0.1, -0.05) is 13.3 Å². The van der Waals surface area contributed by atoms with Gasteiger partial charge in [0, 0.05) is 12.1 Å². The lowest BCUT2D eigenvalue weighted by atomic mass is 9.99. The number of carbonyl (C=O) groups is 2.